The molecular formula is C20H27N5S. The molecule has 5 nitrogen and oxygen atoms in total. The summed E-state index contributed by atoms with van der Waals surface area (Å²) in [5.74, 6) is 0.205. The molecule has 1 aliphatic rings. The van der Waals surface area contributed by atoms with Crippen LogP contribution < -0.4 is 5.32 Å². The van der Waals surface area contributed by atoms with Crippen LogP contribution in [-0.4, -0.2) is 37.1 Å². The number of hydrogen-bond acceptors (Lipinski definition) is 6. The smallest absolute Gasteiger partial charge is 0.110 e. The van der Waals surface area contributed by atoms with Crippen molar-refractivity contribution in [3.63, 3.8) is 0 Å². The fraction of sp³-hybridized carbons (Fsp3) is 0.650. The first kappa shape index (κ1) is 20.4. The summed E-state index contributed by atoms with van der Waals surface area (Å²) in [6.45, 7) is 8.04. The van der Waals surface area contributed by atoms with E-state index in [4.69, 9.17) is 10.5 Å². The minimum Gasteiger partial charge on any atom is -0.312 e. The molecule has 1 saturated heterocycles. The molecule has 0 aromatic carbocycles. The van der Waals surface area contributed by atoms with Gasteiger partial charge in [0.25, 0.3) is 0 Å². The van der Waals surface area contributed by atoms with Crippen molar-refractivity contribution >= 4 is 11.3 Å². The van der Waals surface area contributed by atoms with Crippen molar-refractivity contribution in [1.29, 1.82) is 15.8 Å². The van der Waals surface area contributed by atoms with Gasteiger partial charge in [-0.15, -0.1) is 11.3 Å². The minimum atomic E-state index is -0.510. The van der Waals surface area contributed by atoms with E-state index in [1.807, 2.05) is 12.1 Å². The Kier molecular flexibility index (Phi) is 7.61. The highest BCUT2D eigenvalue weighted by atomic mass is 32.1. The zero-order valence-electron chi connectivity index (χ0n) is 15.7. The maximum absolute atomic E-state index is 9.96. The average molecular weight is 370 g/mol. The predicted octanol–water partition coefficient (Wildman–Crippen LogP) is 3.39. The second-order valence-electron chi connectivity index (χ2n) is 7.27. The summed E-state index contributed by atoms with van der Waals surface area (Å²) in [6.07, 6.45) is 3.46. The van der Waals surface area contributed by atoms with Gasteiger partial charge in [-0.3, -0.25) is 0 Å². The standard InChI is InChI=1S/C20H27N5S/c1-16(2)20(15-23,19-6-5-18(13-22)26-19)8-3-11-25-12-7-17(14-25)24-10-4-9-21/h5-6,16-17,24H,3-4,7-8,10-12,14H2,1-2H3/t17-,20?/m1/s1. The molecule has 0 radical (unpaired) electrons. The largest absolute Gasteiger partial charge is 0.312 e. The molecule has 1 fully saturated rings. The molecule has 6 heteroatoms. The van der Waals surface area contributed by atoms with Crippen LogP contribution in [-0.2, 0) is 5.41 Å². The van der Waals surface area contributed by atoms with Crippen molar-refractivity contribution in [2.45, 2.75) is 51.0 Å². The number of likely N-dealkylation sites (tertiary alicyclic amines) is 1. The van der Waals surface area contributed by atoms with Crippen LogP contribution in [0.25, 0.3) is 0 Å². The normalized spacial score (nSPS) is 19.6. The number of rotatable bonds is 9. The van der Waals surface area contributed by atoms with Crippen molar-refractivity contribution in [1.82, 2.24) is 10.2 Å². The molecule has 0 aliphatic carbocycles. The Morgan fingerprint density at radius 2 is 2.15 bits per heavy atom. The van der Waals surface area contributed by atoms with E-state index in [2.05, 4.69) is 42.3 Å². The molecular weight excluding hydrogens is 342 g/mol. The van der Waals surface area contributed by atoms with E-state index in [0.717, 1.165) is 50.3 Å². The summed E-state index contributed by atoms with van der Waals surface area (Å²) in [5, 5.41) is 31.1. The van der Waals surface area contributed by atoms with Gasteiger partial charge in [-0.1, -0.05) is 13.8 Å². The Hall–Kier alpha value is -1.91. The van der Waals surface area contributed by atoms with Crippen LogP contribution in [0.4, 0.5) is 0 Å². The van der Waals surface area contributed by atoms with Crippen molar-refractivity contribution < 1.29 is 0 Å². The summed E-state index contributed by atoms with van der Waals surface area (Å²) in [7, 11) is 0. The molecule has 0 bridgehead atoms. The highest BCUT2D eigenvalue weighted by molar-refractivity contribution is 7.12. The molecule has 0 spiro atoms. The Labute approximate surface area is 160 Å². The van der Waals surface area contributed by atoms with Crippen LogP contribution in [0, 0.1) is 39.9 Å². The third-order valence-electron chi connectivity index (χ3n) is 5.33. The molecule has 1 unspecified atom stereocenters. The lowest BCUT2D eigenvalue weighted by molar-refractivity contribution is 0.290. The quantitative estimate of drug-likeness (QED) is 0.674. The Morgan fingerprint density at radius 1 is 1.35 bits per heavy atom. The van der Waals surface area contributed by atoms with Crippen LogP contribution >= 0.6 is 11.3 Å². The summed E-state index contributed by atoms with van der Waals surface area (Å²) in [6, 6.07) is 11.2. The minimum absolute atomic E-state index is 0.205. The van der Waals surface area contributed by atoms with E-state index in [1.165, 1.54) is 11.3 Å². The van der Waals surface area contributed by atoms with Gasteiger partial charge < -0.3 is 10.2 Å². The second kappa shape index (κ2) is 9.70. The van der Waals surface area contributed by atoms with E-state index in [9.17, 15) is 5.26 Å². The summed E-state index contributed by atoms with van der Waals surface area (Å²) >= 11 is 1.45. The molecule has 2 rings (SSSR count). The van der Waals surface area contributed by atoms with E-state index in [1.54, 1.807) is 0 Å². The van der Waals surface area contributed by atoms with Gasteiger partial charge in [-0.05, 0) is 50.4 Å². The Morgan fingerprint density at radius 3 is 2.77 bits per heavy atom. The average Bonchev–Trinajstić information content (AvgIpc) is 3.28. The number of nitrogens with zero attached hydrogens (tertiary/aromatic N) is 4. The van der Waals surface area contributed by atoms with Gasteiger partial charge >= 0.3 is 0 Å². The Balaban J connectivity index is 1.90. The Bertz CT molecular complexity index is 705. The first-order chi connectivity index (χ1) is 12.6. The van der Waals surface area contributed by atoms with Gasteiger partial charge in [-0.25, -0.2) is 0 Å². The maximum atomic E-state index is 9.96. The lowest BCUT2D eigenvalue weighted by atomic mass is 9.73. The molecule has 138 valence electrons. The molecule has 1 aliphatic heterocycles. The van der Waals surface area contributed by atoms with Crippen LogP contribution in [0.3, 0.4) is 0 Å². The number of nitrogens with one attached hydrogen (secondary N) is 1. The van der Waals surface area contributed by atoms with Gasteiger partial charge in [0.15, 0.2) is 0 Å². The fourth-order valence-corrected chi connectivity index (χ4v) is 4.81. The lowest BCUT2D eigenvalue weighted by Crippen LogP contribution is -2.34. The van der Waals surface area contributed by atoms with Crippen LogP contribution in [0.2, 0.25) is 0 Å². The van der Waals surface area contributed by atoms with Crippen molar-refractivity contribution in [3.05, 3.63) is 21.9 Å². The van der Waals surface area contributed by atoms with Crippen LogP contribution in [0.5, 0.6) is 0 Å². The monoisotopic (exact) mass is 369 g/mol. The van der Waals surface area contributed by atoms with Gasteiger partial charge in [0.2, 0.25) is 0 Å². The zero-order valence-corrected chi connectivity index (χ0v) is 16.5. The topological polar surface area (TPSA) is 86.6 Å². The van der Waals surface area contributed by atoms with Gasteiger partial charge in [0.05, 0.1) is 17.6 Å². The summed E-state index contributed by atoms with van der Waals surface area (Å²) in [5.41, 5.74) is -0.510. The first-order valence-electron chi connectivity index (χ1n) is 9.30. The first-order valence-corrected chi connectivity index (χ1v) is 10.1. The van der Waals surface area contributed by atoms with E-state index < -0.39 is 5.41 Å². The fourth-order valence-electron chi connectivity index (χ4n) is 3.69. The van der Waals surface area contributed by atoms with E-state index in [0.29, 0.717) is 17.3 Å². The molecule has 1 N–H and O–H groups in total. The molecule has 26 heavy (non-hydrogen) atoms. The molecule has 2 heterocycles. The maximum Gasteiger partial charge on any atom is 0.110 e. The van der Waals surface area contributed by atoms with E-state index >= 15 is 0 Å². The molecule has 1 aromatic heterocycles. The summed E-state index contributed by atoms with van der Waals surface area (Å²) < 4.78 is 0. The SMILES string of the molecule is CC(C)C(C#N)(CCCN1CC[C@@H](NCCC#N)C1)c1ccc(C#N)s1. The molecule has 2 atom stereocenters. The van der Waals surface area contributed by atoms with Gasteiger partial charge in [0, 0.05) is 30.4 Å². The van der Waals surface area contributed by atoms with Gasteiger partial charge in [-0.2, -0.15) is 15.8 Å². The highest BCUT2D eigenvalue weighted by Crippen LogP contribution is 2.40. The molecule has 0 saturated carbocycles. The van der Waals surface area contributed by atoms with Crippen LogP contribution in [0.1, 0.15) is 49.3 Å². The number of nitriles is 3. The number of hydrogen-bond donors (Lipinski definition) is 1. The lowest BCUT2D eigenvalue weighted by Gasteiger charge is -2.30. The van der Waals surface area contributed by atoms with E-state index in [-0.39, 0.29) is 5.92 Å². The predicted molar refractivity (Wildman–Crippen MR) is 103 cm³/mol. The molecule has 1 aromatic rings. The van der Waals surface area contributed by atoms with Crippen molar-refractivity contribution in [2.24, 2.45) is 5.92 Å². The second-order valence-corrected chi connectivity index (χ2v) is 8.35. The zero-order chi connectivity index (χ0) is 19.0. The third kappa shape index (κ3) is 4.83. The summed E-state index contributed by atoms with van der Waals surface area (Å²) in [4.78, 5) is 4.14. The van der Waals surface area contributed by atoms with Crippen molar-refractivity contribution in [2.75, 3.05) is 26.2 Å². The molecule has 0 amide bonds. The van der Waals surface area contributed by atoms with Crippen LogP contribution in [0.15, 0.2) is 12.1 Å². The number of thiophene rings is 1. The highest BCUT2D eigenvalue weighted by Gasteiger charge is 2.37. The van der Waals surface area contributed by atoms with Gasteiger partial charge in [0.1, 0.15) is 10.9 Å². The van der Waals surface area contributed by atoms with Crippen molar-refractivity contribution in [3.8, 4) is 18.2 Å². The third-order valence-corrected chi connectivity index (χ3v) is 6.50.